The van der Waals surface area contributed by atoms with Crippen LogP contribution in [0.15, 0.2) is 11.1 Å². The molecule has 0 aromatic carbocycles. The summed E-state index contributed by atoms with van der Waals surface area (Å²) in [7, 11) is 2.68. The Morgan fingerprint density at radius 1 is 1.30 bits per heavy atom. The quantitative estimate of drug-likeness (QED) is 0.475. The molecule has 8 nitrogen and oxygen atoms in total. The van der Waals surface area contributed by atoms with Gasteiger partial charge in [-0.3, -0.25) is 0 Å². The smallest absolute Gasteiger partial charge is 0.407 e. The van der Waals surface area contributed by atoms with Crippen molar-refractivity contribution in [1.82, 2.24) is 15.3 Å². The number of carbonyl (C=O) groups is 2. The summed E-state index contributed by atoms with van der Waals surface area (Å²) in [6.07, 6.45) is 0.994. The van der Waals surface area contributed by atoms with Gasteiger partial charge in [-0.25, -0.2) is 14.6 Å². The Bertz CT molecular complexity index is 560. The monoisotopic (exact) mass is 343 g/mol. The molecule has 0 aliphatic rings. The van der Waals surface area contributed by atoms with E-state index in [4.69, 9.17) is 9.47 Å². The van der Waals surface area contributed by atoms with Crippen LogP contribution in [0.1, 0.15) is 31.3 Å². The molecule has 128 valence electrons. The van der Waals surface area contributed by atoms with Gasteiger partial charge in [0.2, 0.25) is 0 Å². The summed E-state index contributed by atoms with van der Waals surface area (Å²) in [5, 5.41) is 2.63. The van der Waals surface area contributed by atoms with Crippen LogP contribution in [0.4, 0.5) is 4.79 Å². The van der Waals surface area contributed by atoms with Crippen LogP contribution < -0.4 is 10.1 Å². The minimum atomic E-state index is -0.576. The Balaban J connectivity index is 2.57. The normalized spacial score (nSPS) is 10.8. The van der Waals surface area contributed by atoms with Gasteiger partial charge < -0.3 is 19.5 Å². The summed E-state index contributed by atoms with van der Waals surface area (Å²) >= 11 is 1.32. The predicted molar refractivity (Wildman–Crippen MR) is 84.9 cm³/mol. The Hall–Kier alpha value is -2.03. The summed E-state index contributed by atoms with van der Waals surface area (Å²) in [5.41, 5.74) is -0.416. The second kappa shape index (κ2) is 8.56. The Morgan fingerprint density at radius 2 is 2.00 bits per heavy atom. The minimum absolute atomic E-state index is 0.0848. The van der Waals surface area contributed by atoms with Crippen molar-refractivity contribution < 1.29 is 23.8 Å². The SMILES string of the molecule is COC(=O)c1nc(OC)ncc1SCCNC(=O)OC(C)(C)C. The van der Waals surface area contributed by atoms with E-state index < -0.39 is 17.7 Å². The zero-order chi connectivity index (χ0) is 17.5. The fourth-order valence-electron chi connectivity index (χ4n) is 1.43. The van der Waals surface area contributed by atoms with Gasteiger partial charge in [0.1, 0.15) is 5.60 Å². The molecule has 1 rings (SSSR count). The number of esters is 1. The molecule has 23 heavy (non-hydrogen) atoms. The molecule has 0 aliphatic carbocycles. The van der Waals surface area contributed by atoms with Gasteiger partial charge in [-0.2, -0.15) is 4.98 Å². The number of hydrogen-bond acceptors (Lipinski definition) is 8. The molecule has 0 unspecified atom stereocenters. The van der Waals surface area contributed by atoms with Crippen molar-refractivity contribution in [3.05, 3.63) is 11.9 Å². The molecule has 0 fully saturated rings. The highest BCUT2D eigenvalue weighted by atomic mass is 32.2. The molecule has 0 saturated carbocycles. The van der Waals surface area contributed by atoms with Crippen LogP contribution in [0.25, 0.3) is 0 Å². The number of methoxy groups -OCH3 is 2. The van der Waals surface area contributed by atoms with E-state index >= 15 is 0 Å². The lowest BCUT2D eigenvalue weighted by molar-refractivity contribution is 0.0529. The Morgan fingerprint density at radius 3 is 2.57 bits per heavy atom. The molecule has 0 saturated heterocycles. The first-order chi connectivity index (χ1) is 10.8. The van der Waals surface area contributed by atoms with Gasteiger partial charge in [0.05, 0.1) is 19.1 Å². The number of ether oxygens (including phenoxy) is 3. The number of alkyl carbamates (subject to hydrolysis) is 1. The maximum atomic E-state index is 11.7. The molecule has 0 bridgehead atoms. The van der Waals surface area contributed by atoms with E-state index in [0.29, 0.717) is 17.2 Å². The van der Waals surface area contributed by atoms with Crippen LogP contribution >= 0.6 is 11.8 Å². The topological polar surface area (TPSA) is 99.6 Å². The van der Waals surface area contributed by atoms with Crippen LogP contribution in [0.5, 0.6) is 6.01 Å². The minimum Gasteiger partial charge on any atom is -0.467 e. The number of rotatable bonds is 6. The molecule has 0 spiro atoms. The van der Waals surface area contributed by atoms with Gasteiger partial charge >= 0.3 is 18.1 Å². The number of aromatic nitrogens is 2. The van der Waals surface area contributed by atoms with E-state index in [1.165, 1.54) is 32.2 Å². The number of nitrogens with zero attached hydrogens (tertiary/aromatic N) is 2. The predicted octanol–water partition coefficient (Wildman–Crippen LogP) is 1.89. The molecular formula is C14H21N3O5S. The van der Waals surface area contributed by atoms with Crippen molar-refractivity contribution in [3.63, 3.8) is 0 Å². The fourth-order valence-corrected chi connectivity index (χ4v) is 2.25. The highest BCUT2D eigenvalue weighted by molar-refractivity contribution is 7.99. The van der Waals surface area contributed by atoms with Crippen molar-refractivity contribution in [3.8, 4) is 6.01 Å². The average molecular weight is 343 g/mol. The van der Waals surface area contributed by atoms with E-state index in [0.717, 1.165) is 0 Å². The van der Waals surface area contributed by atoms with Gasteiger partial charge in [-0.1, -0.05) is 0 Å². The first-order valence-electron chi connectivity index (χ1n) is 6.86. The highest BCUT2D eigenvalue weighted by Gasteiger charge is 2.18. The second-order valence-corrected chi connectivity index (χ2v) is 6.48. The van der Waals surface area contributed by atoms with E-state index in [2.05, 4.69) is 20.0 Å². The lowest BCUT2D eigenvalue weighted by Crippen LogP contribution is -2.33. The second-order valence-electron chi connectivity index (χ2n) is 5.34. The zero-order valence-electron chi connectivity index (χ0n) is 13.8. The Kier molecular flexibility index (Phi) is 7.08. The Labute approximate surface area is 139 Å². The van der Waals surface area contributed by atoms with Gasteiger partial charge in [0.25, 0.3) is 0 Å². The number of amides is 1. The molecule has 1 aromatic heterocycles. The molecule has 1 N–H and O–H groups in total. The van der Waals surface area contributed by atoms with Crippen molar-refractivity contribution in [1.29, 1.82) is 0 Å². The largest absolute Gasteiger partial charge is 0.467 e. The number of nitrogens with one attached hydrogen (secondary N) is 1. The van der Waals surface area contributed by atoms with Crippen molar-refractivity contribution >= 4 is 23.8 Å². The van der Waals surface area contributed by atoms with E-state index in [1.54, 1.807) is 20.8 Å². The lowest BCUT2D eigenvalue weighted by Gasteiger charge is -2.19. The number of hydrogen-bond donors (Lipinski definition) is 1. The van der Waals surface area contributed by atoms with Gasteiger partial charge in [0.15, 0.2) is 5.69 Å². The third-order valence-corrected chi connectivity index (χ3v) is 3.34. The van der Waals surface area contributed by atoms with E-state index in [1.807, 2.05) is 0 Å². The fraction of sp³-hybridized carbons (Fsp3) is 0.571. The lowest BCUT2D eigenvalue weighted by atomic mass is 10.2. The maximum Gasteiger partial charge on any atom is 0.407 e. The van der Waals surface area contributed by atoms with Crippen LogP contribution in [0, 0.1) is 0 Å². The zero-order valence-corrected chi connectivity index (χ0v) is 14.7. The molecule has 0 radical (unpaired) electrons. The third-order valence-electron chi connectivity index (χ3n) is 2.32. The van der Waals surface area contributed by atoms with Crippen LogP contribution in [0.2, 0.25) is 0 Å². The molecular weight excluding hydrogens is 322 g/mol. The summed E-state index contributed by atoms with van der Waals surface area (Å²) in [6, 6.07) is 0.0848. The third kappa shape index (κ3) is 6.72. The van der Waals surface area contributed by atoms with Crippen LogP contribution in [0.3, 0.4) is 0 Å². The van der Waals surface area contributed by atoms with Gasteiger partial charge in [0, 0.05) is 18.5 Å². The van der Waals surface area contributed by atoms with Gasteiger partial charge in [-0.05, 0) is 20.8 Å². The average Bonchev–Trinajstić information content (AvgIpc) is 2.49. The van der Waals surface area contributed by atoms with Crippen molar-refractivity contribution in [2.24, 2.45) is 0 Å². The molecule has 0 atom stereocenters. The van der Waals surface area contributed by atoms with Crippen molar-refractivity contribution in [2.75, 3.05) is 26.5 Å². The highest BCUT2D eigenvalue weighted by Crippen LogP contribution is 2.22. The van der Waals surface area contributed by atoms with Crippen molar-refractivity contribution in [2.45, 2.75) is 31.3 Å². The van der Waals surface area contributed by atoms with E-state index in [-0.39, 0.29) is 11.7 Å². The summed E-state index contributed by atoms with van der Waals surface area (Å²) in [4.78, 5) is 31.7. The maximum absolute atomic E-state index is 11.7. The summed E-state index contributed by atoms with van der Waals surface area (Å²) in [5.74, 6) is -0.0628. The van der Waals surface area contributed by atoms with Gasteiger partial charge in [-0.15, -0.1) is 11.8 Å². The van der Waals surface area contributed by atoms with E-state index in [9.17, 15) is 9.59 Å². The first-order valence-corrected chi connectivity index (χ1v) is 7.84. The van der Waals surface area contributed by atoms with Crippen LogP contribution in [-0.4, -0.2) is 54.1 Å². The molecule has 1 aromatic rings. The number of thioether (sulfide) groups is 1. The standard InChI is InChI=1S/C14H21N3O5S/c1-14(2,3)22-13(19)15-6-7-23-9-8-16-12(21-5)17-10(9)11(18)20-4/h8H,6-7H2,1-5H3,(H,15,19). The molecule has 1 heterocycles. The molecule has 1 amide bonds. The summed E-state index contributed by atoms with van der Waals surface area (Å²) in [6.45, 7) is 5.74. The molecule has 0 aliphatic heterocycles. The summed E-state index contributed by atoms with van der Waals surface area (Å²) < 4.78 is 14.7. The number of carbonyl (C=O) groups excluding carboxylic acids is 2. The van der Waals surface area contributed by atoms with Crippen LogP contribution in [-0.2, 0) is 9.47 Å². The molecule has 9 heteroatoms. The first kappa shape index (κ1) is 19.0.